The summed E-state index contributed by atoms with van der Waals surface area (Å²) in [6, 6.07) is 13.0. The van der Waals surface area contributed by atoms with Crippen LogP contribution in [0, 0.1) is 0 Å². The minimum absolute atomic E-state index is 0.0300. The lowest BCUT2D eigenvalue weighted by Crippen LogP contribution is -2.31. The van der Waals surface area contributed by atoms with Crippen molar-refractivity contribution in [2.24, 2.45) is 0 Å². The molecule has 2 heterocycles. The maximum absolute atomic E-state index is 12.9. The summed E-state index contributed by atoms with van der Waals surface area (Å²) in [6.07, 6.45) is 1.79. The first-order valence-corrected chi connectivity index (χ1v) is 13.1. The molecule has 184 valence electrons. The Hall–Kier alpha value is -3.02. The van der Waals surface area contributed by atoms with E-state index in [1.165, 1.54) is 52.3 Å². The summed E-state index contributed by atoms with van der Waals surface area (Å²) in [7, 11) is 0. The van der Waals surface area contributed by atoms with E-state index in [9.17, 15) is 19.5 Å². The van der Waals surface area contributed by atoms with Gasteiger partial charge in [0.1, 0.15) is 4.32 Å². The van der Waals surface area contributed by atoms with E-state index in [1.807, 2.05) is 11.4 Å². The molecule has 1 aliphatic heterocycles. The van der Waals surface area contributed by atoms with Gasteiger partial charge in [-0.3, -0.25) is 14.5 Å². The molecule has 7 nitrogen and oxygen atoms in total. The fraction of sp³-hybridized carbons (Fsp3) is 0.120. The van der Waals surface area contributed by atoms with E-state index in [0.717, 1.165) is 21.6 Å². The number of halogens is 1. The molecule has 1 aliphatic rings. The van der Waals surface area contributed by atoms with Gasteiger partial charge in [-0.15, -0.1) is 11.3 Å². The van der Waals surface area contributed by atoms with Gasteiger partial charge in [-0.25, -0.2) is 4.79 Å². The maximum atomic E-state index is 12.9. The Balaban J connectivity index is 1.39. The number of carbonyl (C=O) groups is 3. The third-order valence-electron chi connectivity index (χ3n) is 5.30. The molecule has 0 saturated carbocycles. The molecule has 2 aromatic carbocycles. The lowest BCUT2D eigenvalue weighted by molar-refractivity contribution is -0.122. The molecular weight excluding hydrogens is 540 g/mol. The van der Waals surface area contributed by atoms with Crippen molar-refractivity contribution < 1.29 is 24.6 Å². The van der Waals surface area contributed by atoms with Crippen LogP contribution in [0.5, 0.6) is 0 Å². The number of amides is 2. The van der Waals surface area contributed by atoms with Crippen molar-refractivity contribution in [1.29, 1.82) is 0 Å². The van der Waals surface area contributed by atoms with Crippen LogP contribution in [0.4, 0.5) is 5.69 Å². The maximum Gasteiger partial charge on any atom is 0.335 e. The van der Waals surface area contributed by atoms with E-state index in [2.05, 4.69) is 5.32 Å². The summed E-state index contributed by atoms with van der Waals surface area (Å²) in [5.74, 6) is -1.63. The van der Waals surface area contributed by atoms with Crippen LogP contribution in [0.2, 0.25) is 5.02 Å². The Bertz CT molecular complexity index is 1380. The second-order valence-corrected chi connectivity index (χ2v) is 10.8. The van der Waals surface area contributed by atoms with Crippen LogP contribution >= 0.6 is 46.9 Å². The van der Waals surface area contributed by atoms with Crippen molar-refractivity contribution in [3.05, 3.63) is 79.8 Å². The minimum atomic E-state index is -1.05. The second-order valence-electron chi connectivity index (χ2n) is 7.71. The molecule has 4 rings (SSSR count). The lowest BCUT2D eigenvalue weighted by Gasteiger charge is -2.14. The third kappa shape index (κ3) is 6.03. The number of hydrogen-bond donors (Lipinski definition) is 3. The third-order valence-corrected chi connectivity index (χ3v) is 7.79. The molecule has 0 aliphatic carbocycles. The number of nitrogens with one attached hydrogen (secondary N) is 1. The largest absolute Gasteiger partial charge is 0.478 e. The van der Waals surface area contributed by atoms with E-state index in [0.29, 0.717) is 19.9 Å². The van der Waals surface area contributed by atoms with Gasteiger partial charge in [0.25, 0.3) is 5.91 Å². The van der Waals surface area contributed by atoms with Gasteiger partial charge in [0.15, 0.2) is 0 Å². The van der Waals surface area contributed by atoms with Crippen molar-refractivity contribution in [2.45, 2.75) is 13.0 Å². The van der Waals surface area contributed by atoms with Gasteiger partial charge in [-0.2, -0.15) is 0 Å². The zero-order valence-electron chi connectivity index (χ0n) is 18.6. The topological polar surface area (TPSA) is 107 Å². The van der Waals surface area contributed by atoms with Crippen LogP contribution in [0.1, 0.15) is 27.2 Å². The van der Waals surface area contributed by atoms with Gasteiger partial charge >= 0.3 is 5.97 Å². The first-order valence-electron chi connectivity index (χ1n) is 10.6. The van der Waals surface area contributed by atoms with Crippen LogP contribution in [0.3, 0.4) is 0 Å². The highest BCUT2D eigenvalue weighted by Gasteiger charge is 2.32. The van der Waals surface area contributed by atoms with Crippen molar-refractivity contribution in [1.82, 2.24) is 4.90 Å². The summed E-state index contributed by atoms with van der Waals surface area (Å²) in [6.45, 7) is 0.0106. The lowest BCUT2D eigenvalue weighted by atomic mass is 10.0. The molecule has 2 amide bonds. The molecule has 0 spiro atoms. The van der Waals surface area contributed by atoms with E-state index in [1.54, 1.807) is 24.3 Å². The zero-order chi connectivity index (χ0) is 25.8. The highest BCUT2D eigenvalue weighted by Crippen LogP contribution is 2.36. The molecule has 3 N–H and O–H groups in total. The average molecular weight is 559 g/mol. The summed E-state index contributed by atoms with van der Waals surface area (Å²) in [4.78, 5) is 38.9. The molecule has 36 heavy (non-hydrogen) atoms. The number of carboxylic acids is 1. The number of nitrogens with zero attached hydrogens (tertiary/aromatic N) is 1. The first-order chi connectivity index (χ1) is 17.2. The second kappa shape index (κ2) is 11.4. The fourth-order valence-corrected chi connectivity index (χ4v) is 5.87. The van der Waals surface area contributed by atoms with E-state index < -0.39 is 5.97 Å². The summed E-state index contributed by atoms with van der Waals surface area (Å²) in [5.41, 5.74) is 3.06. The molecule has 0 unspecified atom stereocenters. The van der Waals surface area contributed by atoms with Gasteiger partial charge in [0.05, 0.1) is 17.1 Å². The van der Waals surface area contributed by atoms with Gasteiger partial charge in [-0.05, 0) is 70.6 Å². The predicted octanol–water partition coefficient (Wildman–Crippen LogP) is 5.49. The van der Waals surface area contributed by atoms with Crippen LogP contribution in [-0.4, -0.2) is 43.8 Å². The SMILES string of the molecule is O=C(CCN1C(=O)/C(=C/c2cc(-c3cc(Cl)ccc3CO)cs2)SC1=S)Nc1ccc(C(=O)O)cc1. The van der Waals surface area contributed by atoms with Gasteiger partial charge in [0.2, 0.25) is 5.91 Å². The van der Waals surface area contributed by atoms with Crippen LogP contribution in [0.15, 0.2) is 58.8 Å². The zero-order valence-corrected chi connectivity index (χ0v) is 21.8. The number of carbonyl (C=O) groups excluding carboxylic acids is 2. The number of thioether (sulfide) groups is 1. The van der Waals surface area contributed by atoms with Crippen molar-refractivity contribution >= 4 is 80.8 Å². The number of aliphatic hydroxyl groups is 1. The Labute approximate surface area is 225 Å². The Morgan fingerprint density at radius 1 is 1.14 bits per heavy atom. The molecule has 0 atom stereocenters. The molecular formula is C25H19ClN2O5S3. The predicted molar refractivity (Wildman–Crippen MR) is 147 cm³/mol. The number of hydrogen-bond acceptors (Lipinski definition) is 7. The van der Waals surface area contributed by atoms with Gasteiger partial charge in [0, 0.05) is 28.6 Å². The quantitative estimate of drug-likeness (QED) is 0.248. The number of anilines is 1. The van der Waals surface area contributed by atoms with Crippen LogP contribution in [0.25, 0.3) is 17.2 Å². The summed E-state index contributed by atoms with van der Waals surface area (Å²) in [5, 5.41) is 23.8. The highest BCUT2D eigenvalue weighted by molar-refractivity contribution is 8.26. The van der Waals surface area contributed by atoms with Gasteiger partial charge in [-0.1, -0.05) is 41.6 Å². The summed E-state index contributed by atoms with van der Waals surface area (Å²) < 4.78 is 0.374. The highest BCUT2D eigenvalue weighted by atomic mass is 35.5. The molecule has 1 aromatic heterocycles. The minimum Gasteiger partial charge on any atom is -0.478 e. The number of thiophene rings is 1. The Morgan fingerprint density at radius 2 is 1.89 bits per heavy atom. The molecule has 1 fully saturated rings. The molecule has 0 radical (unpaired) electrons. The van der Waals surface area contributed by atoms with Crippen molar-refractivity contribution in [3.63, 3.8) is 0 Å². The molecule has 11 heteroatoms. The Kier molecular flexibility index (Phi) is 8.22. The van der Waals surface area contributed by atoms with E-state index in [4.69, 9.17) is 28.9 Å². The normalized spacial score (nSPS) is 14.5. The standard InChI is InChI=1S/C25H19ClN2O5S3/c26-17-4-1-15(12-29)20(10-17)16-9-19(35-13-16)11-21-23(31)28(25(34)36-21)8-7-22(30)27-18-5-2-14(3-6-18)24(32)33/h1-6,9-11,13,29H,7-8,12H2,(H,27,30)(H,32,33)/b21-11-. The Morgan fingerprint density at radius 3 is 2.58 bits per heavy atom. The monoisotopic (exact) mass is 558 g/mol. The number of benzene rings is 2. The van der Waals surface area contributed by atoms with Crippen LogP contribution in [-0.2, 0) is 16.2 Å². The summed E-state index contributed by atoms with van der Waals surface area (Å²) >= 11 is 14.1. The molecule has 0 bridgehead atoms. The van der Waals surface area contributed by atoms with Crippen molar-refractivity contribution in [2.75, 3.05) is 11.9 Å². The fourth-order valence-electron chi connectivity index (χ4n) is 3.48. The van der Waals surface area contributed by atoms with Gasteiger partial charge < -0.3 is 15.5 Å². The number of carboxylic acid groups (broad SMARTS) is 1. The van der Waals surface area contributed by atoms with E-state index in [-0.39, 0.29) is 37.0 Å². The van der Waals surface area contributed by atoms with Crippen LogP contribution < -0.4 is 5.32 Å². The number of aliphatic hydroxyl groups excluding tert-OH is 1. The molecule has 1 saturated heterocycles. The number of aromatic carboxylic acids is 1. The van der Waals surface area contributed by atoms with Crippen molar-refractivity contribution in [3.8, 4) is 11.1 Å². The number of thiocarbonyl (C=S) groups is 1. The first kappa shape index (κ1) is 26.1. The van der Waals surface area contributed by atoms with E-state index >= 15 is 0 Å². The smallest absolute Gasteiger partial charge is 0.335 e. The molecule has 3 aromatic rings. The number of rotatable bonds is 8. The average Bonchev–Trinajstić information content (AvgIpc) is 3.42.